The van der Waals surface area contributed by atoms with Gasteiger partial charge >= 0.3 is 5.97 Å². The largest absolute Gasteiger partial charge is 0.465 e. The molecule has 88 valence electrons. The maximum absolute atomic E-state index is 13.5. The second kappa shape index (κ2) is 4.34. The van der Waals surface area contributed by atoms with E-state index in [1.54, 1.807) is 0 Å². The molecule has 0 spiro atoms. The van der Waals surface area contributed by atoms with Gasteiger partial charge in [0.15, 0.2) is 5.82 Å². The van der Waals surface area contributed by atoms with Gasteiger partial charge in [0, 0.05) is 10.7 Å². The molecular formula is C8H5ClF2O4S. The van der Waals surface area contributed by atoms with E-state index in [4.69, 9.17) is 10.7 Å². The van der Waals surface area contributed by atoms with E-state index in [2.05, 4.69) is 4.74 Å². The Kier molecular flexibility index (Phi) is 3.49. The molecule has 0 aromatic heterocycles. The average molecular weight is 271 g/mol. The predicted octanol–water partition coefficient (Wildman–Crippen LogP) is 1.68. The van der Waals surface area contributed by atoms with Crippen LogP contribution in [0.25, 0.3) is 0 Å². The highest BCUT2D eigenvalue weighted by atomic mass is 35.7. The van der Waals surface area contributed by atoms with Crippen molar-refractivity contribution in [2.24, 2.45) is 0 Å². The standard InChI is InChI=1S/C8H5ClF2O4S/c1-15-8(12)6-4(10)2-3-5(7(6)11)16(9,13)14/h2-3H,1H3. The highest BCUT2D eigenvalue weighted by Gasteiger charge is 2.26. The molecule has 4 nitrogen and oxygen atoms in total. The van der Waals surface area contributed by atoms with Gasteiger partial charge in [-0.1, -0.05) is 0 Å². The number of hydrogen-bond donors (Lipinski definition) is 0. The lowest BCUT2D eigenvalue weighted by Gasteiger charge is -2.05. The van der Waals surface area contributed by atoms with E-state index >= 15 is 0 Å². The molecule has 1 rings (SSSR count). The molecule has 0 amide bonds. The van der Waals surface area contributed by atoms with Crippen LogP contribution in [-0.2, 0) is 13.8 Å². The number of methoxy groups -OCH3 is 1. The van der Waals surface area contributed by atoms with Crippen molar-refractivity contribution in [3.63, 3.8) is 0 Å². The molecule has 0 atom stereocenters. The van der Waals surface area contributed by atoms with Crippen molar-refractivity contribution in [3.8, 4) is 0 Å². The van der Waals surface area contributed by atoms with E-state index < -0.39 is 37.1 Å². The van der Waals surface area contributed by atoms with Crippen molar-refractivity contribution in [2.75, 3.05) is 7.11 Å². The topological polar surface area (TPSA) is 60.4 Å². The summed E-state index contributed by atoms with van der Waals surface area (Å²) in [6, 6.07) is 1.24. The molecule has 8 heteroatoms. The fourth-order valence-electron chi connectivity index (χ4n) is 1.01. The summed E-state index contributed by atoms with van der Waals surface area (Å²) in [6.45, 7) is 0. The zero-order chi connectivity index (χ0) is 12.5. The average Bonchev–Trinajstić information content (AvgIpc) is 2.15. The zero-order valence-corrected chi connectivity index (χ0v) is 9.40. The molecule has 0 saturated heterocycles. The third kappa shape index (κ3) is 2.30. The van der Waals surface area contributed by atoms with Crippen molar-refractivity contribution >= 4 is 25.7 Å². The fourth-order valence-corrected chi connectivity index (χ4v) is 1.92. The number of carbonyl (C=O) groups is 1. The molecule has 0 saturated carbocycles. The minimum atomic E-state index is -4.39. The van der Waals surface area contributed by atoms with Crippen LogP contribution in [0, 0.1) is 11.6 Å². The maximum Gasteiger partial charge on any atom is 0.343 e. The lowest BCUT2D eigenvalue weighted by molar-refractivity contribution is 0.0589. The first-order valence-electron chi connectivity index (χ1n) is 3.80. The van der Waals surface area contributed by atoms with Crippen LogP contribution in [0.5, 0.6) is 0 Å². The van der Waals surface area contributed by atoms with Gasteiger partial charge < -0.3 is 4.74 Å². The third-order valence-corrected chi connectivity index (χ3v) is 3.05. The van der Waals surface area contributed by atoms with Crippen LogP contribution in [0.3, 0.4) is 0 Å². The molecule has 1 aromatic carbocycles. The first-order chi connectivity index (χ1) is 7.29. The molecule has 0 unspecified atom stereocenters. The predicted molar refractivity (Wildman–Crippen MR) is 50.7 cm³/mol. The Labute approximate surface area is 94.2 Å². The first-order valence-corrected chi connectivity index (χ1v) is 6.11. The summed E-state index contributed by atoms with van der Waals surface area (Å²) in [5, 5.41) is 0. The van der Waals surface area contributed by atoms with Gasteiger partial charge in [-0.25, -0.2) is 22.0 Å². The van der Waals surface area contributed by atoms with Gasteiger partial charge in [-0.05, 0) is 12.1 Å². The quantitative estimate of drug-likeness (QED) is 0.606. The normalized spacial score (nSPS) is 11.2. The Morgan fingerprint density at radius 1 is 1.38 bits per heavy atom. The van der Waals surface area contributed by atoms with Gasteiger partial charge in [0.2, 0.25) is 0 Å². The van der Waals surface area contributed by atoms with Gasteiger partial charge in [0.1, 0.15) is 16.3 Å². The van der Waals surface area contributed by atoms with E-state index in [0.29, 0.717) is 12.1 Å². The SMILES string of the molecule is COC(=O)c1c(F)ccc(S(=O)(=O)Cl)c1F. The monoisotopic (exact) mass is 270 g/mol. The van der Waals surface area contributed by atoms with Gasteiger partial charge in [-0.15, -0.1) is 0 Å². The van der Waals surface area contributed by atoms with Gasteiger partial charge in [0.25, 0.3) is 9.05 Å². The van der Waals surface area contributed by atoms with Crippen LogP contribution >= 0.6 is 10.7 Å². The van der Waals surface area contributed by atoms with Gasteiger partial charge in [-0.3, -0.25) is 0 Å². The number of benzene rings is 1. The van der Waals surface area contributed by atoms with Crippen LogP contribution in [0.1, 0.15) is 10.4 Å². The molecule has 16 heavy (non-hydrogen) atoms. The molecule has 0 aliphatic carbocycles. The molecule has 0 N–H and O–H groups in total. The molecule has 1 aromatic rings. The van der Waals surface area contributed by atoms with Crippen molar-refractivity contribution in [2.45, 2.75) is 4.90 Å². The Morgan fingerprint density at radius 3 is 2.38 bits per heavy atom. The Morgan fingerprint density at radius 2 is 1.94 bits per heavy atom. The fraction of sp³-hybridized carbons (Fsp3) is 0.125. The molecule has 0 heterocycles. The molecule has 0 aliphatic rings. The summed E-state index contributed by atoms with van der Waals surface area (Å²) in [5.74, 6) is -4.12. The van der Waals surface area contributed by atoms with Crippen molar-refractivity contribution < 1.29 is 26.7 Å². The van der Waals surface area contributed by atoms with E-state index in [-0.39, 0.29) is 0 Å². The summed E-state index contributed by atoms with van der Waals surface area (Å²) in [6.07, 6.45) is 0. The van der Waals surface area contributed by atoms with E-state index in [0.717, 1.165) is 7.11 Å². The molecular weight excluding hydrogens is 266 g/mol. The summed E-state index contributed by atoms with van der Waals surface area (Å²) in [7, 11) is 1.41. The Balaban J connectivity index is 3.57. The molecule has 0 aliphatic heterocycles. The number of hydrogen-bond acceptors (Lipinski definition) is 4. The summed E-state index contributed by atoms with van der Waals surface area (Å²) in [4.78, 5) is 10.0. The summed E-state index contributed by atoms with van der Waals surface area (Å²) < 4.78 is 52.4. The second-order valence-corrected chi connectivity index (χ2v) is 5.20. The maximum atomic E-state index is 13.5. The minimum absolute atomic E-state index is 0.616. The summed E-state index contributed by atoms with van der Waals surface area (Å²) >= 11 is 0. The van der Waals surface area contributed by atoms with Crippen LogP contribution < -0.4 is 0 Å². The smallest absolute Gasteiger partial charge is 0.343 e. The van der Waals surface area contributed by atoms with Crippen molar-refractivity contribution in [3.05, 3.63) is 29.3 Å². The number of carbonyl (C=O) groups excluding carboxylic acids is 1. The first kappa shape index (κ1) is 12.9. The number of esters is 1. The molecule has 0 radical (unpaired) electrons. The van der Waals surface area contributed by atoms with Gasteiger partial charge in [0.05, 0.1) is 7.11 Å². The lowest BCUT2D eigenvalue weighted by Crippen LogP contribution is -2.10. The number of ether oxygens (including phenoxy) is 1. The van der Waals surface area contributed by atoms with E-state index in [9.17, 15) is 22.0 Å². The third-order valence-electron chi connectivity index (χ3n) is 1.71. The lowest BCUT2D eigenvalue weighted by atomic mass is 10.2. The second-order valence-electron chi connectivity index (χ2n) is 2.66. The van der Waals surface area contributed by atoms with Crippen molar-refractivity contribution in [1.82, 2.24) is 0 Å². The summed E-state index contributed by atoms with van der Waals surface area (Å²) in [5.41, 5.74) is -1.09. The minimum Gasteiger partial charge on any atom is -0.465 e. The number of halogens is 3. The van der Waals surface area contributed by atoms with Gasteiger partial charge in [-0.2, -0.15) is 0 Å². The highest BCUT2D eigenvalue weighted by Crippen LogP contribution is 2.24. The van der Waals surface area contributed by atoms with Crippen LogP contribution in [0.4, 0.5) is 8.78 Å². The van der Waals surface area contributed by atoms with E-state index in [1.807, 2.05) is 0 Å². The van der Waals surface area contributed by atoms with E-state index in [1.165, 1.54) is 0 Å². The molecule has 0 fully saturated rings. The van der Waals surface area contributed by atoms with Crippen LogP contribution in [0.15, 0.2) is 17.0 Å². The van der Waals surface area contributed by atoms with Crippen LogP contribution in [0.2, 0.25) is 0 Å². The highest BCUT2D eigenvalue weighted by molar-refractivity contribution is 8.13. The molecule has 0 bridgehead atoms. The Bertz CT molecular complexity index is 541. The number of rotatable bonds is 2. The van der Waals surface area contributed by atoms with Crippen molar-refractivity contribution in [1.29, 1.82) is 0 Å². The van der Waals surface area contributed by atoms with Crippen LogP contribution in [-0.4, -0.2) is 21.5 Å². The Hall–Kier alpha value is -1.21. The zero-order valence-electron chi connectivity index (χ0n) is 7.83.